The number of aliphatic hydroxyl groups is 1. The highest BCUT2D eigenvalue weighted by molar-refractivity contribution is 5.44. The molecular weight excluding hydrogens is 148 g/mol. The normalized spacial score (nSPS) is 12.4. The van der Waals surface area contributed by atoms with Gasteiger partial charge in [0.05, 0.1) is 0 Å². The Kier molecular flexibility index (Phi) is 1.85. The molecule has 12 heavy (non-hydrogen) atoms. The Bertz CT molecular complexity index is 355. The highest BCUT2D eigenvalue weighted by atomic mass is 16.2. The lowest BCUT2D eigenvalue weighted by Gasteiger charge is -2.17. The van der Waals surface area contributed by atoms with E-state index in [1.54, 1.807) is 0 Å². The van der Waals surface area contributed by atoms with E-state index >= 15 is 0 Å². The summed E-state index contributed by atoms with van der Waals surface area (Å²) in [5, 5.41) is 8.49. The quantitative estimate of drug-likeness (QED) is 0.561. The van der Waals surface area contributed by atoms with Gasteiger partial charge < -0.3 is 5.11 Å². The van der Waals surface area contributed by atoms with Crippen molar-refractivity contribution in [3.63, 3.8) is 0 Å². The molecule has 0 saturated carbocycles. The molecule has 0 bridgehead atoms. The maximum atomic E-state index is 8.49. The highest BCUT2D eigenvalue weighted by Crippen LogP contribution is 2.23. The van der Waals surface area contributed by atoms with Crippen LogP contribution in [-0.4, -0.2) is 11.7 Å². The SMILES string of the molecule is OCC#Cc1ccc2c(c1)CC2. The summed E-state index contributed by atoms with van der Waals surface area (Å²) >= 11 is 0. The third-order valence-corrected chi connectivity index (χ3v) is 2.18. The molecule has 1 heteroatoms. The summed E-state index contributed by atoms with van der Waals surface area (Å²) in [7, 11) is 0. The molecule has 0 atom stereocenters. The smallest absolute Gasteiger partial charge is 0.104 e. The number of hydrogen-bond acceptors (Lipinski definition) is 1. The summed E-state index contributed by atoms with van der Waals surface area (Å²) in [5.41, 5.74) is 3.88. The molecule has 0 unspecified atom stereocenters. The zero-order valence-electron chi connectivity index (χ0n) is 6.80. The van der Waals surface area contributed by atoms with Gasteiger partial charge in [-0.25, -0.2) is 0 Å². The van der Waals surface area contributed by atoms with Crippen LogP contribution in [0.3, 0.4) is 0 Å². The maximum Gasteiger partial charge on any atom is 0.104 e. The van der Waals surface area contributed by atoms with E-state index in [0.717, 1.165) is 5.56 Å². The molecule has 1 nitrogen and oxygen atoms in total. The zero-order valence-corrected chi connectivity index (χ0v) is 6.80. The van der Waals surface area contributed by atoms with Crippen molar-refractivity contribution in [3.8, 4) is 11.8 Å². The summed E-state index contributed by atoms with van der Waals surface area (Å²) < 4.78 is 0. The van der Waals surface area contributed by atoms with Gasteiger partial charge >= 0.3 is 0 Å². The molecule has 1 N–H and O–H groups in total. The van der Waals surface area contributed by atoms with Gasteiger partial charge in [0.2, 0.25) is 0 Å². The highest BCUT2D eigenvalue weighted by Gasteiger charge is 2.11. The summed E-state index contributed by atoms with van der Waals surface area (Å²) in [6.45, 7) is -0.0584. The van der Waals surface area contributed by atoms with Crippen molar-refractivity contribution in [1.82, 2.24) is 0 Å². The second-order valence-electron chi connectivity index (χ2n) is 2.94. The lowest BCUT2D eigenvalue weighted by molar-refractivity contribution is 0.350. The van der Waals surface area contributed by atoms with E-state index in [1.165, 1.54) is 24.0 Å². The molecule has 0 aliphatic heterocycles. The van der Waals surface area contributed by atoms with Gasteiger partial charge in [-0.2, -0.15) is 0 Å². The Morgan fingerprint density at radius 1 is 1.25 bits per heavy atom. The number of hydrogen-bond donors (Lipinski definition) is 1. The van der Waals surface area contributed by atoms with Gasteiger partial charge in [-0.05, 0) is 36.1 Å². The minimum Gasteiger partial charge on any atom is -0.384 e. The topological polar surface area (TPSA) is 20.2 Å². The van der Waals surface area contributed by atoms with Gasteiger partial charge in [-0.1, -0.05) is 17.9 Å². The first kappa shape index (κ1) is 7.39. The van der Waals surface area contributed by atoms with Crippen molar-refractivity contribution in [2.45, 2.75) is 12.8 Å². The van der Waals surface area contributed by atoms with Crippen molar-refractivity contribution in [2.24, 2.45) is 0 Å². The number of benzene rings is 1. The molecule has 2 rings (SSSR count). The van der Waals surface area contributed by atoms with E-state index in [0.29, 0.717) is 0 Å². The third kappa shape index (κ3) is 1.22. The van der Waals surface area contributed by atoms with Crippen molar-refractivity contribution >= 4 is 0 Å². The van der Waals surface area contributed by atoms with Crippen LogP contribution in [0.4, 0.5) is 0 Å². The van der Waals surface area contributed by atoms with Gasteiger partial charge in [0.15, 0.2) is 0 Å². The molecule has 1 aromatic carbocycles. The molecule has 1 aliphatic carbocycles. The van der Waals surface area contributed by atoms with Crippen molar-refractivity contribution in [3.05, 3.63) is 34.9 Å². The van der Waals surface area contributed by atoms with Crippen LogP contribution in [0.5, 0.6) is 0 Å². The molecule has 0 saturated heterocycles. The second-order valence-corrected chi connectivity index (χ2v) is 2.94. The van der Waals surface area contributed by atoms with Gasteiger partial charge in [0.25, 0.3) is 0 Å². The third-order valence-electron chi connectivity index (χ3n) is 2.18. The van der Waals surface area contributed by atoms with Crippen molar-refractivity contribution in [2.75, 3.05) is 6.61 Å². The van der Waals surface area contributed by atoms with E-state index in [4.69, 9.17) is 5.11 Å². The predicted molar refractivity (Wildman–Crippen MR) is 47.8 cm³/mol. The predicted octanol–water partition coefficient (Wildman–Crippen LogP) is 1.13. The summed E-state index contributed by atoms with van der Waals surface area (Å²) in [5.74, 6) is 5.54. The van der Waals surface area contributed by atoms with E-state index < -0.39 is 0 Å². The fraction of sp³-hybridized carbons (Fsp3) is 0.273. The van der Waals surface area contributed by atoms with Crippen LogP contribution in [0.25, 0.3) is 0 Å². The minimum atomic E-state index is -0.0584. The summed E-state index contributed by atoms with van der Waals surface area (Å²) in [4.78, 5) is 0. The Morgan fingerprint density at radius 3 is 2.67 bits per heavy atom. The first-order valence-electron chi connectivity index (χ1n) is 4.11. The molecule has 0 aromatic heterocycles. The fourth-order valence-corrected chi connectivity index (χ4v) is 1.41. The van der Waals surface area contributed by atoms with E-state index in [-0.39, 0.29) is 6.61 Å². The molecule has 1 aromatic rings. The van der Waals surface area contributed by atoms with Gasteiger partial charge in [0, 0.05) is 5.56 Å². The zero-order chi connectivity index (χ0) is 8.39. The molecule has 0 heterocycles. The fourth-order valence-electron chi connectivity index (χ4n) is 1.41. The monoisotopic (exact) mass is 158 g/mol. The van der Waals surface area contributed by atoms with Gasteiger partial charge in [-0.3, -0.25) is 0 Å². The Morgan fingerprint density at radius 2 is 2.08 bits per heavy atom. The first-order chi connectivity index (χ1) is 5.90. The largest absolute Gasteiger partial charge is 0.384 e. The maximum absolute atomic E-state index is 8.49. The Balaban J connectivity index is 2.29. The van der Waals surface area contributed by atoms with Crippen LogP contribution in [0.2, 0.25) is 0 Å². The standard InChI is InChI=1S/C11H10O/c12-7-1-2-9-3-4-10-5-6-11(10)8-9/h3-4,8,12H,5-7H2. The molecule has 60 valence electrons. The molecule has 1 aliphatic rings. The van der Waals surface area contributed by atoms with Crippen molar-refractivity contribution < 1.29 is 5.11 Å². The van der Waals surface area contributed by atoms with Crippen LogP contribution < -0.4 is 0 Å². The number of rotatable bonds is 0. The molecule has 0 radical (unpaired) electrons. The lowest BCUT2D eigenvalue weighted by atomic mass is 9.87. The summed E-state index contributed by atoms with van der Waals surface area (Å²) in [6.07, 6.45) is 2.40. The number of aryl methyl sites for hydroxylation is 2. The molecule has 0 fully saturated rings. The van der Waals surface area contributed by atoms with E-state index in [9.17, 15) is 0 Å². The lowest BCUT2D eigenvalue weighted by Crippen LogP contribution is -2.07. The van der Waals surface area contributed by atoms with Crippen LogP contribution in [0, 0.1) is 11.8 Å². The van der Waals surface area contributed by atoms with Gasteiger partial charge in [0.1, 0.15) is 6.61 Å². The van der Waals surface area contributed by atoms with Crippen LogP contribution in [0.1, 0.15) is 16.7 Å². The van der Waals surface area contributed by atoms with E-state index in [1.807, 2.05) is 6.07 Å². The Hall–Kier alpha value is -1.26. The molecular formula is C11H10O. The first-order valence-corrected chi connectivity index (χ1v) is 4.11. The average molecular weight is 158 g/mol. The number of aliphatic hydroxyl groups excluding tert-OH is 1. The molecule has 0 amide bonds. The molecule has 0 spiro atoms. The van der Waals surface area contributed by atoms with Crippen LogP contribution in [0.15, 0.2) is 18.2 Å². The second kappa shape index (κ2) is 3.00. The number of fused-ring (bicyclic) bond motifs is 1. The minimum absolute atomic E-state index is 0.0584. The van der Waals surface area contributed by atoms with Crippen molar-refractivity contribution in [1.29, 1.82) is 0 Å². The Labute approximate surface area is 72.0 Å². The van der Waals surface area contributed by atoms with E-state index in [2.05, 4.69) is 24.0 Å². The average Bonchev–Trinajstić information content (AvgIpc) is 2.05. The van der Waals surface area contributed by atoms with Crippen LogP contribution in [-0.2, 0) is 12.8 Å². The van der Waals surface area contributed by atoms with Crippen LogP contribution >= 0.6 is 0 Å². The summed E-state index contributed by atoms with van der Waals surface area (Å²) in [6, 6.07) is 6.25. The van der Waals surface area contributed by atoms with Gasteiger partial charge in [-0.15, -0.1) is 0 Å².